The third-order valence-electron chi connectivity index (χ3n) is 5.47. The molecule has 1 heterocycles. The van der Waals surface area contributed by atoms with Crippen LogP contribution in [0.25, 0.3) is 0 Å². The molecule has 1 atom stereocenters. The summed E-state index contributed by atoms with van der Waals surface area (Å²) in [6.07, 6.45) is 5.23. The van der Waals surface area contributed by atoms with Gasteiger partial charge in [-0.1, -0.05) is 12.8 Å². The molecule has 28 heavy (non-hydrogen) atoms. The van der Waals surface area contributed by atoms with Crippen LogP contribution in [0.5, 0.6) is 0 Å². The molecule has 2 fully saturated rings. The van der Waals surface area contributed by atoms with Crippen LogP contribution in [0.1, 0.15) is 50.2 Å². The minimum Gasteiger partial charge on any atom is -0.357 e. The van der Waals surface area contributed by atoms with Crippen molar-refractivity contribution in [3.8, 4) is 6.07 Å². The van der Waals surface area contributed by atoms with Crippen LogP contribution in [0.4, 0.5) is 4.39 Å². The van der Waals surface area contributed by atoms with Crippen LogP contribution in [0.15, 0.2) is 23.2 Å². The van der Waals surface area contributed by atoms with Crippen LogP contribution in [0.2, 0.25) is 0 Å². The van der Waals surface area contributed by atoms with Crippen LogP contribution in [-0.2, 0) is 11.3 Å². The molecule has 2 N–H and O–H groups in total. The van der Waals surface area contributed by atoms with E-state index in [1.807, 2.05) is 17.9 Å². The molecule has 1 amide bonds. The third kappa shape index (κ3) is 5.00. The Morgan fingerprint density at radius 2 is 2.14 bits per heavy atom. The summed E-state index contributed by atoms with van der Waals surface area (Å²) in [7, 11) is 0. The topological polar surface area (TPSA) is 80.5 Å². The van der Waals surface area contributed by atoms with E-state index in [-0.39, 0.29) is 24.3 Å². The standard InChI is InChI=1S/C21H28FN5O/c1-2-24-21(25-13-17-11-15(12-23)7-8-19(17)22)26-18-9-10-27(14-18)20(28)16-5-3-4-6-16/h7-8,11,16,18H,2-6,9-10,13-14H2,1H3,(H2,24,25,26). The Labute approximate surface area is 165 Å². The molecule has 0 aromatic heterocycles. The van der Waals surface area contributed by atoms with Crippen molar-refractivity contribution in [1.29, 1.82) is 5.26 Å². The summed E-state index contributed by atoms with van der Waals surface area (Å²) in [5.74, 6) is 0.729. The van der Waals surface area contributed by atoms with Gasteiger partial charge in [0.2, 0.25) is 5.91 Å². The number of benzene rings is 1. The number of nitriles is 1. The lowest BCUT2D eigenvalue weighted by Crippen LogP contribution is -2.45. The summed E-state index contributed by atoms with van der Waals surface area (Å²) >= 11 is 0. The molecule has 0 spiro atoms. The normalized spacial score (nSPS) is 20.2. The van der Waals surface area contributed by atoms with Crippen LogP contribution >= 0.6 is 0 Å². The van der Waals surface area contributed by atoms with E-state index in [0.717, 1.165) is 38.6 Å². The van der Waals surface area contributed by atoms with Crippen molar-refractivity contribution in [1.82, 2.24) is 15.5 Å². The zero-order valence-electron chi connectivity index (χ0n) is 16.4. The van der Waals surface area contributed by atoms with E-state index in [0.29, 0.717) is 36.1 Å². The molecule has 0 bridgehead atoms. The Kier molecular flexibility index (Phi) is 6.85. The fourth-order valence-electron chi connectivity index (χ4n) is 3.95. The molecule has 1 aromatic carbocycles. The Hall–Kier alpha value is -2.62. The van der Waals surface area contributed by atoms with Crippen molar-refractivity contribution in [2.45, 2.75) is 51.6 Å². The third-order valence-corrected chi connectivity index (χ3v) is 5.47. The molecule has 1 unspecified atom stereocenters. The Bertz CT molecular complexity index is 767. The average molecular weight is 385 g/mol. The summed E-state index contributed by atoms with van der Waals surface area (Å²) in [6.45, 7) is 4.25. The van der Waals surface area contributed by atoms with E-state index in [2.05, 4.69) is 15.6 Å². The first-order valence-electron chi connectivity index (χ1n) is 10.1. The number of halogens is 1. The number of guanidine groups is 1. The lowest BCUT2D eigenvalue weighted by Gasteiger charge is -2.21. The summed E-state index contributed by atoms with van der Waals surface area (Å²) in [5.41, 5.74) is 0.808. The highest BCUT2D eigenvalue weighted by atomic mass is 19.1. The Morgan fingerprint density at radius 1 is 1.36 bits per heavy atom. The Balaban J connectivity index is 1.59. The summed E-state index contributed by atoms with van der Waals surface area (Å²) < 4.78 is 14.0. The summed E-state index contributed by atoms with van der Waals surface area (Å²) in [5, 5.41) is 15.5. The number of hydrogen-bond donors (Lipinski definition) is 2. The first-order chi connectivity index (χ1) is 13.6. The van der Waals surface area contributed by atoms with Gasteiger partial charge in [0, 0.05) is 37.2 Å². The number of carbonyl (C=O) groups excluding carboxylic acids is 1. The molecule has 1 aliphatic heterocycles. The molecule has 2 aliphatic rings. The SMILES string of the molecule is CCNC(=NCc1cc(C#N)ccc1F)NC1CCN(C(=O)C2CCCC2)C1. The van der Waals surface area contributed by atoms with E-state index < -0.39 is 0 Å². The summed E-state index contributed by atoms with van der Waals surface area (Å²) in [4.78, 5) is 19.0. The van der Waals surface area contributed by atoms with Gasteiger partial charge in [0.05, 0.1) is 18.2 Å². The van der Waals surface area contributed by atoms with Crippen LogP contribution in [0, 0.1) is 23.1 Å². The number of carbonyl (C=O) groups is 1. The molecule has 1 aromatic rings. The van der Waals surface area contributed by atoms with Crippen molar-refractivity contribution >= 4 is 11.9 Å². The lowest BCUT2D eigenvalue weighted by atomic mass is 10.1. The molecule has 0 radical (unpaired) electrons. The van der Waals surface area contributed by atoms with Gasteiger partial charge in [-0.3, -0.25) is 4.79 Å². The van der Waals surface area contributed by atoms with Crippen LogP contribution in [-0.4, -0.2) is 42.4 Å². The highest BCUT2D eigenvalue weighted by molar-refractivity contribution is 5.81. The molecule has 1 saturated heterocycles. The van der Waals surface area contributed by atoms with Gasteiger partial charge in [-0.05, 0) is 44.4 Å². The van der Waals surface area contributed by atoms with Gasteiger partial charge in [0.1, 0.15) is 5.82 Å². The fraction of sp³-hybridized carbons (Fsp3) is 0.571. The van der Waals surface area contributed by atoms with Crippen molar-refractivity contribution in [3.05, 3.63) is 35.1 Å². The minimum absolute atomic E-state index is 0.137. The van der Waals surface area contributed by atoms with E-state index in [1.165, 1.54) is 18.2 Å². The second kappa shape index (κ2) is 9.54. The molecule has 7 heteroatoms. The molecular formula is C21H28FN5O. The molecule has 6 nitrogen and oxygen atoms in total. The number of aliphatic imine (C=N–C) groups is 1. The zero-order valence-corrected chi connectivity index (χ0v) is 16.4. The maximum atomic E-state index is 14.0. The van der Waals surface area contributed by atoms with Gasteiger partial charge < -0.3 is 15.5 Å². The first kappa shape index (κ1) is 20.1. The number of rotatable bonds is 5. The second-order valence-electron chi connectivity index (χ2n) is 7.51. The largest absolute Gasteiger partial charge is 0.357 e. The van der Waals surface area contributed by atoms with Crippen LogP contribution in [0.3, 0.4) is 0 Å². The molecule has 3 rings (SSSR count). The van der Waals surface area contributed by atoms with Crippen molar-refractivity contribution in [3.63, 3.8) is 0 Å². The second-order valence-corrected chi connectivity index (χ2v) is 7.51. The fourth-order valence-corrected chi connectivity index (χ4v) is 3.95. The number of nitrogens with zero attached hydrogens (tertiary/aromatic N) is 3. The predicted molar refractivity (Wildman–Crippen MR) is 106 cm³/mol. The number of amides is 1. The van der Waals surface area contributed by atoms with Gasteiger partial charge in [-0.25, -0.2) is 9.38 Å². The van der Waals surface area contributed by atoms with Gasteiger partial charge in [-0.2, -0.15) is 5.26 Å². The number of hydrogen-bond acceptors (Lipinski definition) is 3. The Morgan fingerprint density at radius 3 is 2.86 bits per heavy atom. The number of likely N-dealkylation sites (tertiary alicyclic amines) is 1. The quantitative estimate of drug-likeness (QED) is 0.603. The van der Waals surface area contributed by atoms with Crippen LogP contribution < -0.4 is 10.6 Å². The van der Waals surface area contributed by atoms with E-state index >= 15 is 0 Å². The smallest absolute Gasteiger partial charge is 0.225 e. The van der Waals surface area contributed by atoms with Crippen molar-refractivity contribution in [2.75, 3.05) is 19.6 Å². The maximum absolute atomic E-state index is 14.0. The lowest BCUT2D eigenvalue weighted by molar-refractivity contribution is -0.134. The average Bonchev–Trinajstić information content (AvgIpc) is 3.39. The monoisotopic (exact) mass is 385 g/mol. The van der Waals surface area contributed by atoms with Crippen molar-refractivity contribution in [2.24, 2.45) is 10.9 Å². The van der Waals surface area contributed by atoms with Gasteiger partial charge >= 0.3 is 0 Å². The van der Waals surface area contributed by atoms with Gasteiger partial charge in [-0.15, -0.1) is 0 Å². The van der Waals surface area contributed by atoms with Crippen molar-refractivity contribution < 1.29 is 9.18 Å². The van der Waals surface area contributed by atoms with Gasteiger partial charge in [0.15, 0.2) is 5.96 Å². The minimum atomic E-state index is -0.368. The molecule has 1 saturated carbocycles. The highest BCUT2D eigenvalue weighted by Gasteiger charge is 2.32. The predicted octanol–water partition coefficient (Wildman–Crippen LogP) is 2.54. The zero-order chi connectivity index (χ0) is 19.9. The molecule has 150 valence electrons. The molecular weight excluding hydrogens is 357 g/mol. The van der Waals surface area contributed by atoms with Gasteiger partial charge in [0.25, 0.3) is 0 Å². The molecule has 1 aliphatic carbocycles. The first-order valence-corrected chi connectivity index (χ1v) is 10.1. The maximum Gasteiger partial charge on any atom is 0.225 e. The van der Waals surface area contributed by atoms with E-state index in [4.69, 9.17) is 5.26 Å². The van der Waals surface area contributed by atoms with E-state index in [9.17, 15) is 9.18 Å². The number of nitrogens with one attached hydrogen (secondary N) is 2. The highest BCUT2D eigenvalue weighted by Crippen LogP contribution is 2.27. The van der Waals surface area contributed by atoms with E-state index in [1.54, 1.807) is 0 Å². The summed E-state index contributed by atoms with van der Waals surface area (Å²) in [6, 6.07) is 6.44.